The van der Waals surface area contributed by atoms with Gasteiger partial charge in [-0.25, -0.2) is 14.5 Å². The van der Waals surface area contributed by atoms with Gasteiger partial charge in [0.15, 0.2) is 5.69 Å². The van der Waals surface area contributed by atoms with Crippen LogP contribution >= 0.6 is 11.3 Å². The molecule has 6 heteroatoms. The molecular formula is C20H15N3O2S. The molecule has 0 bridgehead atoms. The molecule has 0 saturated heterocycles. The number of thiazole rings is 1. The van der Waals surface area contributed by atoms with Crippen molar-refractivity contribution in [3.8, 4) is 16.4 Å². The van der Waals surface area contributed by atoms with Crippen molar-refractivity contribution in [3.05, 3.63) is 71.2 Å². The minimum Gasteiger partial charge on any atom is -0.476 e. The van der Waals surface area contributed by atoms with Crippen LogP contribution in [0.25, 0.3) is 33.4 Å². The van der Waals surface area contributed by atoms with Crippen LogP contribution in [-0.4, -0.2) is 25.8 Å². The highest BCUT2D eigenvalue weighted by atomic mass is 32.1. The summed E-state index contributed by atoms with van der Waals surface area (Å²) in [6.45, 7) is 1.97. The fourth-order valence-corrected chi connectivity index (χ4v) is 3.60. The van der Waals surface area contributed by atoms with Gasteiger partial charge in [0.2, 0.25) is 5.13 Å². The molecule has 4 aromatic rings. The average molecular weight is 361 g/mol. The van der Waals surface area contributed by atoms with Crippen molar-refractivity contribution in [2.45, 2.75) is 6.92 Å². The summed E-state index contributed by atoms with van der Waals surface area (Å²) in [6, 6.07) is 16.1. The van der Waals surface area contributed by atoms with Gasteiger partial charge in [0, 0.05) is 16.3 Å². The maximum atomic E-state index is 11.2. The number of aromatic carboxylic acids is 1. The normalized spacial score (nSPS) is 11.4. The average Bonchev–Trinajstić information content (AvgIpc) is 3.27. The Kier molecular flexibility index (Phi) is 4.10. The van der Waals surface area contributed by atoms with Crippen LogP contribution in [0.2, 0.25) is 0 Å². The lowest BCUT2D eigenvalue weighted by Crippen LogP contribution is -2.00. The van der Waals surface area contributed by atoms with Gasteiger partial charge >= 0.3 is 5.97 Å². The quantitative estimate of drug-likeness (QED) is 0.562. The summed E-state index contributed by atoms with van der Waals surface area (Å²) in [6.07, 6.45) is 4.00. The summed E-state index contributed by atoms with van der Waals surface area (Å²) < 4.78 is 1.72. The number of carbonyl (C=O) groups is 1. The van der Waals surface area contributed by atoms with Gasteiger partial charge in [-0.3, -0.25) is 0 Å². The summed E-state index contributed by atoms with van der Waals surface area (Å²) in [5.74, 6) is -1.04. The van der Waals surface area contributed by atoms with Crippen molar-refractivity contribution in [2.24, 2.45) is 0 Å². The first-order chi connectivity index (χ1) is 12.7. The third kappa shape index (κ3) is 2.80. The number of rotatable bonds is 4. The number of nitrogens with zero attached hydrogens (tertiary/aromatic N) is 3. The lowest BCUT2D eigenvalue weighted by molar-refractivity contribution is 0.0691. The maximum absolute atomic E-state index is 11.2. The number of hydrogen-bond acceptors (Lipinski definition) is 4. The Balaban J connectivity index is 1.98. The highest BCUT2D eigenvalue weighted by Gasteiger charge is 2.17. The van der Waals surface area contributed by atoms with Crippen LogP contribution in [0.5, 0.6) is 0 Å². The third-order valence-corrected chi connectivity index (χ3v) is 4.82. The molecule has 0 unspecified atom stereocenters. The minimum absolute atomic E-state index is 0.0273. The number of carboxylic acids is 1. The number of carboxylic acid groups (broad SMARTS) is 1. The highest BCUT2D eigenvalue weighted by molar-refractivity contribution is 7.12. The number of hydrogen-bond donors (Lipinski definition) is 1. The molecule has 4 rings (SSSR count). The molecule has 128 valence electrons. The second-order valence-corrected chi connectivity index (χ2v) is 6.56. The van der Waals surface area contributed by atoms with E-state index in [2.05, 4.69) is 4.98 Å². The minimum atomic E-state index is -1.04. The van der Waals surface area contributed by atoms with Crippen LogP contribution in [0.4, 0.5) is 0 Å². The maximum Gasteiger partial charge on any atom is 0.355 e. The van der Waals surface area contributed by atoms with E-state index in [1.54, 1.807) is 4.68 Å². The standard InChI is InChI=1S/C20H15N3O2S/c1-2-6-13-9-10-15-17(11-13)23(20-21-16(12-26-20)19(24)25)22-18(15)14-7-4-3-5-8-14/h2-12H,1H3,(H,24,25)/b6-2-. The molecule has 0 radical (unpaired) electrons. The molecule has 5 nitrogen and oxygen atoms in total. The van der Waals surface area contributed by atoms with Gasteiger partial charge in [0.25, 0.3) is 0 Å². The molecule has 0 fully saturated rings. The number of benzene rings is 2. The fourth-order valence-electron chi connectivity index (χ4n) is 2.84. The fraction of sp³-hybridized carbons (Fsp3) is 0.0500. The third-order valence-electron chi connectivity index (χ3n) is 4.00. The largest absolute Gasteiger partial charge is 0.476 e. The monoisotopic (exact) mass is 361 g/mol. The molecule has 26 heavy (non-hydrogen) atoms. The summed E-state index contributed by atoms with van der Waals surface area (Å²) >= 11 is 1.26. The molecule has 0 spiro atoms. The Labute approximate surface area is 153 Å². The van der Waals surface area contributed by atoms with Crippen molar-refractivity contribution >= 4 is 34.3 Å². The topological polar surface area (TPSA) is 68.0 Å². The molecule has 0 atom stereocenters. The zero-order valence-electron chi connectivity index (χ0n) is 14.0. The van der Waals surface area contributed by atoms with E-state index < -0.39 is 5.97 Å². The molecule has 0 aliphatic carbocycles. The lowest BCUT2D eigenvalue weighted by atomic mass is 10.1. The summed E-state index contributed by atoms with van der Waals surface area (Å²) in [7, 11) is 0. The zero-order valence-corrected chi connectivity index (χ0v) is 14.8. The van der Waals surface area contributed by atoms with E-state index in [1.807, 2.05) is 67.6 Å². The van der Waals surface area contributed by atoms with Crippen LogP contribution in [0.3, 0.4) is 0 Å². The number of aromatic nitrogens is 3. The molecule has 2 aromatic carbocycles. The van der Waals surface area contributed by atoms with Gasteiger partial charge in [-0.2, -0.15) is 5.10 Å². The molecule has 0 aliphatic heterocycles. The second kappa shape index (κ2) is 6.57. The van der Waals surface area contributed by atoms with E-state index in [1.165, 1.54) is 16.7 Å². The van der Waals surface area contributed by atoms with E-state index >= 15 is 0 Å². The number of fused-ring (bicyclic) bond motifs is 1. The van der Waals surface area contributed by atoms with Crippen molar-refractivity contribution in [1.82, 2.24) is 14.8 Å². The highest BCUT2D eigenvalue weighted by Crippen LogP contribution is 2.31. The van der Waals surface area contributed by atoms with Crippen molar-refractivity contribution in [3.63, 3.8) is 0 Å². The van der Waals surface area contributed by atoms with Gasteiger partial charge in [-0.15, -0.1) is 11.3 Å². The molecule has 2 aromatic heterocycles. The van der Waals surface area contributed by atoms with Crippen LogP contribution < -0.4 is 0 Å². The first-order valence-corrected chi connectivity index (χ1v) is 8.95. The molecule has 0 saturated carbocycles. The molecule has 2 heterocycles. The molecule has 0 amide bonds. The van der Waals surface area contributed by atoms with E-state index in [9.17, 15) is 4.79 Å². The molecule has 1 N–H and O–H groups in total. The van der Waals surface area contributed by atoms with E-state index in [-0.39, 0.29) is 5.69 Å². The Hall–Kier alpha value is -3.25. The Bertz CT molecular complexity index is 1130. The lowest BCUT2D eigenvalue weighted by Gasteiger charge is -1.99. The van der Waals surface area contributed by atoms with E-state index in [4.69, 9.17) is 10.2 Å². The number of allylic oxidation sites excluding steroid dienone is 1. The van der Waals surface area contributed by atoms with Gasteiger partial charge in [-0.05, 0) is 24.6 Å². The SMILES string of the molecule is C/C=C\c1ccc2c(-c3ccccc3)nn(-c3nc(C(=O)O)cs3)c2c1. The second-order valence-electron chi connectivity index (χ2n) is 5.72. The van der Waals surface area contributed by atoms with E-state index in [0.717, 1.165) is 27.7 Å². The van der Waals surface area contributed by atoms with Gasteiger partial charge in [0.1, 0.15) is 5.69 Å². The first-order valence-electron chi connectivity index (χ1n) is 8.07. The Morgan fingerprint density at radius 2 is 2.00 bits per heavy atom. The predicted molar refractivity (Wildman–Crippen MR) is 104 cm³/mol. The predicted octanol–water partition coefficient (Wildman–Crippen LogP) is 4.88. The first kappa shape index (κ1) is 16.2. The van der Waals surface area contributed by atoms with Crippen LogP contribution in [0.15, 0.2) is 60.0 Å². The Morgan fingerprint density at radius 3 is 2.69 bits per heavy atom. The zero-order chi connectivity index (χ0) is 18.1. The van der Waals surface area contributed by atoms with Crippen molar-refractivity contribution in [1.29, 1.82) is 0 Å². The van der Waals surface area contributed by atoms with Crippen molar-refractivity contribution < 1.29 is 9.90 Å². The van der Waals surface area contributed by atoms with Gasteiger partial charge in [-0.1, -0.05) is 48.6 Å². The van der Waals surface area contributed by atoms with Crippen LogP contribution in [0.1, 0.15) is 23.0 Å². The molecular weight excluding hydrogens is 346 g/mol. The van der Waals surface area contributed by atoms with Gasteiger partial charge in [0.05, 0.1) is 5.52 Å². The van der Waals surface area contributed by atoms with Crippen molar-refractivity contribution in [2.75, 3.05) is 0 Å². The summed E-state index contributed by atoms with van der Waals surface area (Å²) in [5.41, 5.74) is 3.82. The van der Waals surface area contributed by atoms with Crippen LogP contribution in [0, 0.1) is 0 Å². The summed E-state index contributed by atoms with van der Waals surface area (Å²) in [4.78, 5) is 15.4. The smallest absolute Gasteiger partial charge is 0.355 e. The summed E-state index contributed by atoms with van der Waals surface area (Å²) in [5, 5.41) is 17.0. The Morgan fingerprint density at radius 1 is 1.19 bits per heavy atom. The van der Waals surface area contributed by atoms with Gasteiger partial charge < -0.3 is 5.11 Å². The molecule has 0 aliphatic rings. The van der Waals surface area contributed by atoms with Crippen LogP contribution in [-0.2, 0) is 0 Å². The van der Waals surface area contributed by atoms with E-state index in [0.29, 0.717) is 5.13 Å².